The molecule has 2 heterocycles. The van der Waals surface area contributed by atoms with E-state index in [2.05, 4.69) is 23.4 Å². The van der Waals surface area contributed by atoms with E-state index in [0.717, 1.165) is 43.7 Å². The lowest BCUT2D eigenvalue weighted by Crippen LogP contribution is -2.20. The number of rotatable bonds is 5. The maximum atomic E-state index is 9.04. The lowest BCUT2D eigenvalue weighted by molar-refractivity contribution is 0.0601. The van der Waals surface area contributed by atoms with Gasteiger partial charge in [-0.1, -0.05) is 24.3 Å². The van der Waals surface area contributed by atoms with E-state index in [-0.39, 0.29) is 6.61 Å². The summed E-state index contributed by atoms with van der Waals surface area (Å²) >= 11 is 0. The first-order valence-electron chi connectivity index (χ1n) is 7.65. The maximum absolute atomic E-state index is 9.04. The van der Waals surface area contributed by atoms with Gasteiger partial charge >= 0.3 is 0 Å². The summed E-state index contributed by atoms with van der Waals surface area (Å²) < 4.78 is 7.44. The predicted molar refractivity (Wildman–Crippen MR) is 82.0 cm³/mol. The highest BCUT2D eigenvalue weighted by Crippen LogP contribution is 2.22. The van der Waals surface area contributed by atoms with Crippen LogP contribution in [0.4, 0.5) is 0 Å². The smallest absolute Gasteiger partial charge is 0.0568 e. The number of ether oxygens (including phenoxy) is 1. The molecule has 112 valence electrons. The number of nitrogens with zero attached hydrogens (tertiary/aromatic N) is 2. The summed E-state index contributed by atoms with van der Waals surface area (Å²) in [6, 6.07) is 8.31. The van der Waals surface area contributed by atoms with E-state index in [1.165, 1.54) is 5.56 Å². The summed E-state index contributed by atoms with van der Waals surface area (Å²) in [5.41, 5.74) is 3.47. The van der Waals surface area contributed by atoms with E-state index in [0.29, 0.717) is 12.3 Å². The number of aromatic nitrogens is 2. The lowest BCUT2D eigenvalue weighted by atomic mass is 10.0. The van der Waals surface area contributed by atoms with Gasteiger partial charge in [0.15, 0.2) is 0 Å². The molecule has 0 aliphatic carbocycles. The van der Waals surface area contributed by atoms with Gasteiger partial charge in [0.25, 0.3) is 0 Å². The minimum atomic E-state index is 0.187. The second-order valence-electron chi connectivity index (χ2n) is 5.68. The molecule has 0 bridgehead atoms. The van der Waals surface area contributed by atoms with Crippen molar-refractivity contribution in [3.05, 3.63) is 42.2 Å². The number of benzene rings is 1. The predicted octanol–water partition coefficient (Wildman–Crippen LogP) is 2.51. The third-order valence-electron chi connectivity index (χ3n) is 4.08. The standard InChI is InChI=1S/C17H22N2O2/c20-7-4-14-2-1-3-16(10-14)17-11-18-19(13-17)12-15-5-8-21-9-6-15/h1-3,10-11,13,15,20H,4-9,12H2. The summed E-state index contributed by atoms with van der Waals surface area (Å²) in [5.74, 6) is 0.673. The Morgan fingerprint density at radius 2 is 2.10 bits per heavy atom. The van der Waals surface area contributed by atoms with Gasteiger partial charge in [-0.3, -0.25) is 4.68 Å². The average molecular weight is 286 g/mol. The van der Waals surface area contributed by atoms with Crippen LogP contribution < -0.4 is 0 Å². The molecule has 1 saturated heterocycles. The van der Waals surface area contributed by atoms with E-state index in [9.17, 15) is 0 Å². The van der Waals surface area contributed by atoms with Crippen LogP contribution in [0.25, 0.3) is 11.1 Å². The van der Waals surface area contributed by atoms with Crippen molar-refractivity contribution in [2.75, 3.05) is 19.8 Å². The van der Waals surface area contributed by atoms with Crippen molar-refractivity contribution in [3.8, 4) is 11.1 Å². The van der Waals surface area contributed by atoms with Crippen LogP contribution in [0.15, 0.2) is 36.7 Å². The monoisotopic (exact) mass is 286 g/mol. The van der Waals surface area contributed by atoms with Crippen molar-refractivity contribution in [1.29, 1.82) is 0 Å². The highest BCUT2D eigenvalue weighted by Gasteiger charge is 2.15. The van der Waals surface area contributed by atoms with Gasteiger partial charge in [-0.05, 0) is 36.3 Å². The molecule has 1 N–H and O–H groups in total. The zero-order valence-corrected chi connectivity index (χ0v) is 12.2. The molecule has 0 saturated carbocycles. The molecule has 1 aliphatic heterocycles. The third kappa shape index (κ3) is 3.71. The fourth-order valence-corrected chi connectivity index (χ4v) is 2.84. The second-order valence-corrected chi connectivity index (χ2v) is 5.68. The van der Waals surface area contributed by atoms with Crippen LogP contribution in [0.1, 0.15) is 18.4 Å². The molecule has 1 aromatic carbocycles. The Morgan fingerprint density at radius 3 is 2.90 bits per heavy atom. The minimum Gasteiger partial charge on any atom is -0.396 e. The first-order valence-corrected chi connectivity index (χ1v) is 7.65. The van der Waals surface area contributed by atoms with Crippen LogP contribution in [0.5, 0.6) is 0 Å². The van der Waals surface area contributed by atoms with Crippen LogP contribution in [-0.2, 0) is 17.7 Å². The van der Waals surface area contributed by atoms with E-state index in [1.54, 1.807) is 0 Å². The molecule has 0 unspecified atom stereocenters. The van der Waals surface area contributed by atoms with Crippen molar-refractivity contribution in [2.24, 2.45) is 5.92 Å². The molecular formula is C17H22N2O2. The van der Waals surface area contributed by atoms with Gasteiger partial charge in [0.05, 0.1) is 6.20 Å². The Balaban J connectivity index is 1.70. The second kappa shape index (κ2) is 6.87. The van der Waals surface area contributed by atoms with Gasteiger partial charge in [0, 0.05) is 38.1 Å². The minimum absolute atomic E-state index is 0.187. The molecule has 0 atom stereocenters. The maximum Gasteiger partial charge on any atom is 0.0568 e. The third-order valence-corrected chi connectivity index (χ3v) is 4.08. The molecule has 0 radical (unpaired) electrons. The van der Waals surface area contributed by atoms with E-state index >= 15 is 0 Å². The molecule has 0 amide bonds. The fraction of sp³-hybridized carbons (Fsp3) is 0.471. The van der Waals surface area contributed by atoms with Crippen molar-refractivity contribution in [3.63, 3.8) is 0 Å². The number of hydrogen-bond donors (Lipinski definition) is 1. The zero-order valence-electron chi connectivity index (χ0n) is 12.2. The first-order chi connectivity index (χ1) is 10.3. The molecule has 2 aromatic rings. The summed E-state index contributed by atoms with van der Waals surface area (Å²) in [7, 11) is 0. The topological polar surface area (TPSA) is 47.3 Å². The fourth-order valence-electron chi connectivity index (χ4n) is 2.84. The van der Waals surface area contributed by atoms with Gasteiger partial charge in [0.1, 0.15) is 0 Å². The molecule has 0 spiro atoms. The lowest BCUT2D eigenvalue weighted by Gasteiger charge is -2.21. The van der Waals surface area contributed by atoms with Crippen LogP contribution in [0.2, 0.25) is 0 Å². The van der Waals surface area contributed by atoms with Gasteiger partial charge in [0.2, 0.25) is 0 Å². The Kier molecular flexibility index (Phi) is 4.68. The van der Waals surface area contributed by atoms with E-state index in [1.807, 2.05) is 23.0 Å². The highest BCUT2D eigenvalue weighted by molar-refractivity contribution is 5.62. The Hall–Kier alpha value is -1.65. The summed E-state index contributed by atoms with van der Waals surface area (Å²) in [5, 5.41) is 13.5. The largest absolute Gasteiger partial charge is 0.396 e. The quantitative estimate of drug-likeness (QED) is 0.918. The van der Waals surface area contributed by atoms with Crippen LogP contribution in [0.3, 0.4) is 0 Å². The Labute approximate surface area is 125 Å². The molecule has 4 heteroatoms. The van der Waals surface area contributed by atoms with Gasteiger partial charge in [-0.25, -0.2) is 0 Å². The number of aliphatic hydroxyl groups excluding tert-OH is 1. The van der Waals surface area contributed by atoms with Gasteiger partial charge in [-0.2, -0.15) is 5.10 Å². The molecule has 1 aromatic heterocycles. The highest BCUT2D eigenvalue weighted by atomic mass is 16.5. The number of hydrogen-bond acceptors (Lipinski definition) is 3. The van der Waals surface area contributed by atoms with Gasteiger partial charge in [-0.15, -0.1) is 0 Å². The van der Waals surface area contributed by atoms with Crippen LogP contribution in [0, 0.1) is 5.92 Å². The van der Waals surface area contributed by atoms with Crippen molar-refractivity contribution < 1.29 is 9.84 Å². The van der Waals surface area contributed by atoms with E-state index in [4.69, 9.17) is 9.84 Å². The Morgan fingerprint density at radius 1 is 1.24 bits per heavy atom. The van der Waals surface area contributed by atoms with Crippen molar-refractivity contribution in [2.45, 2.75) is 25.8 Å². The molecule has 21 heavy (non-hydrogen) atoms. The molecule has 3 rings (SSSR count). The molecular weight excluding hydrogens is 264 g/mol. The molecule has 1 fully saturated rings. The SMILES string of the molecule is OCCc1cccc(-c2cnn(CC3CCOCC3)c2)c1. The summed E-state index contributed by atoms with van der Waals surface area (Å²) in [6.45, 7) is 2.91. The zero-order chi connectivity index (χ0) is 14.5. The Bertz CT molecular complexity index is 574. The van der Waals surface area contributed by atoms with Crippen LogP contribution >= 0.6 is 0 Å². The molecule has 1 aliphatic rings. The van der Waals surface area contributed by atoms with Gasteiger partial charge < -0.3 is 9.84 Å². The van der Waals surface area contributed by atoms with Crippen molar-refractivity contribution in [1.82, 2.24) is 9.78 Å². The number of aliphatic hydroxyl groups is 1. The van der Waals surface area contributed by atoms with Crippen molar-refractivity contribution >= 4 is 0 Å². The first kappa shape index (κ1) is 14.3. The van der Waals surface area contributed by atoms with Crippen LogP contribution in [-0.4, -0.2) is 34.7 Å². The average Bonchev–Trinajstić information content (AvgIpc) is 2.97. The summed E-state index contributed by atoms with van der Waals surface area (Å²) in [4.78, 5) is 0. The summed E-state index contributed by atoms with van der Waals surface area (Å²) in [6.07, 6.45) is 7.00. The molecule has 4 nitrogen and oxygen atoms in total. The van der Waals surface area contributed by atoms with E-state index < -0.39 is 0 Å². The normalized spacial score (nSPS) is 16.2.